The minimum atomic E-state index is 0.210. The van der Waals surface area contributed by atoms with Gasteiger partial charge in [0.1, 0.15) is 0 Å². The summed E-state index contributed by atoms with van der Waals surface area (Å²) >= 11 is 0. The van der Waals surface area contributed by atoms with Gasteiger partial charge in [-0.3, -0.25) is 4.79 Å². The summed E-state index contributed by atoms with van der Waals surface area (Å²) < 4.78 is 0. The standard InChI is InChI=1S/C19H18N4O/c24-13-23-10-8-17(12-23)21-19-20-9-7-18(22-19)16-6-5-14-3-1-2-4-15(14)11-16/h1-7,9,11,13,17H,8,10,12H2,(H,20,21,22)/t17-/m0/s1. The van der Waals surface area contributed by atoms with Crippen LogP contribution in [0.3, 0.4) is 0 Å². The summed E-state index contributed by atoms with van der Waals surface area (Å²) in [6.45, 7) is 1.48. The number of nitrogens with zero attached hydrogens (tertiary/aromatic N) is 3. The Hall–Kier alpha value is -2.95. The van der Waals surface area contributed by atoms with E-state index in [0.29, 0.717) is 12.5 Å². The number of nitrogens with one attached hydrogen (secondary N) is 1. The molecule has 1 N–H and O–H groups in total. The van der Waals surface area contributed by atoms with Gasteiger partial charge in [0.15, 0.2) is 0 Å². The molecule has 5 heteroatoms. The molecule has 1 atom stereocenters. The first-order valence-electron chi connectivity index (χ1n) is 8.10. The monoisotopic (exact) mass is 318 g/mol. The van der Waals surface area contributed by atoms with E-state index in [2.05, 4.69) is 45.6 Å². The SMILES string of the molecule is O=CN1CC[C@H](Nc2nccc(-c3ccc4ccccc4c3)n2)C1. The number of anilines is 1. The van der Waals surface area contributed by atoms with E-state index < -0.39 is 0 Å². The van der Waals surface area contributed by atoms with Gasteiger partial charge in [0, 0.05) is 30.9 Å². The number of hydrogen-bond acceptors (Lipinski definition) is 4. The average molecular weight is 318 g/mol. The van der Waals surface area contributed by atoms with Crippen molar-refractivity contribution in [2.45, 2.75) is 12.5 Å². The molecule has 1 fully saturated rings. The fraction of sp³-hybridized carbons (Fsp3) is 0.211. The zero-order valence-electron chi connectivity index (χ0n) is 13.2. The molecule has 0 bridgehead atoms. The van der Waals surface area contributed by atoms with Crippen molar-refractivity contribution in [1.82, 2.24) is 14.9 Å². The number of likely N-dealkylation sites (tertiary alicyclic amines) is 1. The van der Waals surface area contributed by atoms with Crippen molar-refractivity contribution in [2.75, 3.05) is 18.4 Å². The predicted octanol–water partition coefficient (Wildman–Crippen LogP) is 2.94. The van der Waals surface area contributed by atoms with Crippen molar-refractivity contribution < 1.29 is 4.79 Å². The first-order chi connectivity index (χ1) is 11.8. The minimum absolute atomic E-state index is 0.210. The summed E-state index contributed by atoms with van der Waals surface area (Å²) in [6, 6.07) is 16.7. The second-order valence-corrected chi connectivity index (χ2v) is 6.06. The second-order valence-electron chi connectivity index (χ2n) is 6.06. The summed E-state index contributed by atoms with van der Waals surface area (Å²) in [5.41, 5.74) is 1.96. The maximum Gasteiger partial charge on any atom is 0.223 e. The molecule has 1 aromatic heterocycles. The van der Waals surface area contributed by atoms with E-state index in [-0.39, 0.29) is 6.04 Å². The van der Waals surface area contributed by atoms with E-state index >= 15 is 0 Å². The zero-order chi connectivity index (χ0) is 16.4. The number of rotatable bonds is 4. The van der Waals surface area contributed by atoms with Crippen LogP contribution < -0.4 is 5.32 Å². The molecular weight excluding hydrogens is 300 g/mol. The summed E-state index contributed by atoms with van der Waals surface area (Å²) in [5, 5.41) is 5.74. The van der Waals surface area contributed by atoms with Crippen molar-refractivity contribution in [1.29, 1.82) is 0 Å². The van der Waals surface area contributed by atoms with E-state index in [4.69, 9.17) is 0 Å². The first-order valence-corrected chi connectivity index (χ1v) is 8.10. The number of hydrogen-bond donors (Lipinski definition) is 1. The Morgan fingerprint density at radius 2 is 2.00 bits per heavy atom. The first kappa shape index (κ1) is 14.6. The number of amides is 1. The lowest BCUT2D eigenvalue weighted by molar-refractivity contribution is -0.117. The van der Waals surface area contributed by atoms with Crippen LogP contribution in [0.5, 0.6) is 0 Å². The Bertz CT molecular complexity index is 880. The normalized spacial score (nSPS) is 17.2. The fourth-order valence-corrected chi connectivity index (χ4v) is 3.12. The lowest BCUT2D eigenvalue weighted by Crippen LogP contribution is -2.26. The molecule has 5 nitrogen and oxygen atoms in total. The van der Waals surface area contributed by atoms with Crippen LogP contribution in [-0.2, 0) is 4.79 Å². The topological polar surface area (TPSA) is 58.1 Å². The van der Waals surface area contributed by atoms with Gasteiger partial charge >= 0.3 is 0 Å². The van der Waals surface area contributed by atoms with Gasteiger partial charge in [0.2, 0.25) is 12.4 Å². The van der Waals surface area contributed by atoms with Crippen LogP contribution in [0, 0.1) is 0 Å². The number of carbonyl (C=O) groups is 1. The third kappa shape index (κ3) is 2.93. The van der Waals surface area contributed by atoms with E-state index in [9.17, 15) is 4.79 Å². The third-order valence-electron chi connectivity index (χ3n) is 4.40. The van der Waals surface area contributed by atoms with Gasteiger partial charge < -0.3 is 10.2 Å². The predicted molar refractivity (Wildman–Crippen MR) is 94.6 cm³/mol. The summed E-state index contributed by atoms with van der Waals surface area (Å²) in [7, 11) is 0. The number of benzene rings is 2. The molecule has 120 valence electrons. The Morgan fingerprint density at radius 1 is 1.12 bits per heavy atom. The molecule has 3 aromatic rings. The van der Waals surface area contributed by atoms with Crippen LogP contribution in [0.4, 0.5) is 5.95 Å². The number of carbonyl (C=O) groups excluding carboxylic acids is 1. The summed E-state index contributed by atoms with van der Waals surface area (Å²) in [5.74, 6) is 0.610. The molecular formula is C19H18N4O. The van der Waals surface area contributed by atoms with Crippen molar-refractivity contribution >= 4 is 23.1 Å². The van der Waals surface area contributed by atoms with Gasteiger partial charge in [0.25, 0.3) is 0 Å². The Labute approximate surface area is 140 Å². The molecule has 0 spiro atoms. The quantitative estimate of drug-likeness (QED) is 0.752. The van der Waals surface area contributed by atoms with E-state index in [0.717, 1.165) is 30.6 Å². The van der Waals surface area contributed by atoms with Crippen molar-refractivity contribution in [3.8, 4) is 11.3 Å². The summed E-state index contributed by atoms with van der Waals surface area (Å²) in [6.07, 6.45) is 3.59. The van der Waals surface area contributed by atoms with Crippen LogP contribution in [0.1, 0.15) is 6.42 Å². The van der Waals surface area contributed by atoms with Gasteiger partial charge in [-0.25, -0.2) is 9.97 Å². The highest BCUT2D eigenvalue weighted by Gasteiger charge is 2.21. The molecule has 1 aliphatic rings. The summed E-state index contributed by atoms with van der Waals surface area (Å²) in [4.78, 5) is 21.5. The maximum absolute atomic E-state index is 10.8. The zero-order valence-corrected chi connectivity index (χ0v) is 13.2. The molecule has 4 rings (SSSR count). The van der Waals surface area contributed by atoms with Crippen LogP contribution in [0.2, 0.25) is 0 Å². The maximum atomic E-state index is 10.8. The van der Waals surface area contributed by atoms with E-state index in [1.165, 1.54) is 10.8 Å². The van der Waals surface area contributed by atoms with Gasteiger partial charge in [0.05, 0.1) is 5.69 Å². The second kappa shape index (κ2) is 6.28. The van der Waals surface area contributed by atoms with E-state index in [1.807, 2.05) is 18.2 Å². The third-order valence-corrected chi connectivity index (χ3v) is 4.40. The highest BCUT2D eigenvalue weighted by molar-refractivity contribution is 5.86. The Balaban J connectivity index is 1.58. The number of fused-ring (bicyclic) bond motifs is 1. The smallest absolute Gasteiger partial charge is 0.223 e. The molecule has 0 aliphatic carbocycles. The Morgan fingerprint density at radius 3 is 2.83 bits per heavy atom. The average Bonchev–Trinajstić information content (AvgIpc) is 3.09. The minimum Gasteiger partial charge on any atom is -0.350 e. The molecule has 2 aromatic carbocycles. The van der Waals surface area contributed by atoms with Gasteiger partial charge in [-0.2, -0.15) is 0 Å². The van der Waals surface area contributed by atoms with Crippen LogP contribution in [-0.4, -0.2) is 40.4 Å². The molecule has 0 saturated carbocycles. The van der Waals surface area contributed by atoms with Crippen LogP contribution >= 0.6 is 0 Å². The van der Waals surface area contributed by atoms with Gasteiger partial charge in [-0.05, 0) is 29.3 Å². The van der Waals surface area contributed by atoms with Crippen molar-refractivity contribution in [2.24, 2.45) is 0 Å². The Kier molecular flexibility index (Phi) is 3.83. The van der Waals surface area contributed by atoms with Crippen LogP contribution in [0.15, 0.2) is 54.7 Å². The lowest BCUT2D eigenvalue weighted by Gasteiger charge is -2.13. The fourth-order valence-electron chi connectivity index (χ4n) is 3.12. The van der Waals surface area contributed by atoms with Gasteiger partial charge in [-0.1, -0.05) is 36.4 Å². The van der Waals surface area contributed by atoms with Gasteiger partial charge in [-0.15, -0.1) is 0 Å². The molecule has 1 saturated heterocycles. The lowest BCUT2D eigenvalue weighted by atomic mass is 10.1. The largest absolute Gasteiger partial charge is 0.350 e. The van der Waals surface area contributed by atoms with Crippen molar-refractivity contribution in [3.63, 3.8) is 0 Å². The van der Waals surface area contributed by atoms with E-state index in [1.54, 1.807) is 11.1 Å². The van der Waals surface area contributed by atoms with Crippen molar-refractivity contribution in [3.05, 3.63) is 54.7 Å². The highest BCUT2D eigenvalue weighted by atomic mass is 16.1. The molecule has 1 amide bonds. The molecule has 0 radical (unpaired) electrons. The molecule has 1 aliphatic heterocycles. The molecule has 0 unspecified atom stereocenters. The molecule has 24 heavy (non-hydrogen) atoms. The number of aromatic nitrogens is 2. The highest BCUT2D eigenvalue weighted by Crippen LogP contribution is 2.23. The molecule has 2 heterocycles. The van der Waals surface area contributed by atoms with Crippen LogP contribution in [0.25, 0.3) is 22.0 Å².